The Morgan fingerprint density at radius 3 is 2.21 bits per heavy atom. The Bertz CT molecular complexity index is 783. The summed E-state index contributed by atoms with van der Waals surface area (Å²) in [6, 6.07) is 24.3. The van der Waals surface area contributed by atoms with Crippen LogP contribution < -0.4 is 15.2 Å². The summed E-state index contributed by atoms with van der Waals surface area (Å²) in [5.74, 6) is 1.68. The Kier molecular flexibility index (Phi) is 5.14. The number of ether oxygens (including phenoxy) is 2. The fraction of sp³-hybridized carbons (Fsp3) is 0.143. The first-order valence-electron chi connectivity index (χ1n) is 7.94. The molecule has 0 aliphatic carbocycles. The monoisotopic (exact) mass is 319 g/mol. The molecule has 3 nitrogen and oxygen atoms in total. The van der Waals surface area contributed by atoms with Crippen LogP contribution >= 0.6 is 0 Å². The van der Waals surface area contributed by atoms with Gasteiger partial charge in [-0.25, -0.2) is 0 Å². The molecule has 0 unspecified atom stereocenters. The van der Waals surface area contributed by atoms with Gasteiger partial charge in [-0.05, 0) is 41.0 Å². The SMILES string of the molecule is COc1ccc(-c2ccc(OCc3ccccc3)cc2)cc1CN. The zero-order chi connectivity index (χ0) is 16.8. The third-order valence-electron chi connectivity index (χ3n) is 3.94. The van der Waals surface area contributed by atoms with Crippen LogP contribution in [0.15, 0.2) is 72.8 Å². The van der Waals surface area contributed by atoms with E-state index in [1.807, 2.05) is 42.5 Å². The highest BCUT2D eigenvalue weighted by Gasteiger charge is 2.05. The lowest BCUT2D eigenvalue weighted by molar-refractivity contribution is 0.306. The quantitative estimate of drug-likeness (QED) is 0.732. The molecule has 0 aliphatic rings. The minimum atomic E-state index is 0.454. The lowest BCUT2D eigenvalue weighted by Crippen LogP contribution is -2.00. The standard InChI is InChI=1S/C21H21NO2/c1-23-21-12-9-18(13-19(21)14-22)17-7-10-20(11-8-17)24-15-16-5-3-2-4-6-16/h2-13H,14-15,22H2,1H3. The molecule has 3 aromatic rings. The summed E-state index contributed by atoms with van der Waals surface area (Å²) in [7, 11) is 1.66. The molecule has 2 N–H and O–H groups in total. The first-order chi connectivity index (χ1) is 11.8. The Hall–Kier alpha value is -2.78. The third kappa shape index (κ3) is 3.76. The maximum absolute atomic E-state index is 5.82. The van der Waals surface area contributed by atoms with E-state index in [4.69, 9.17) is 15.2 Å². The van der Waals surface area contributed by atoms with Crippen LogP contribution in [0.25, 0.3) is 11.1 Å². The minimum absolute atomic E-state index is 0.454. The van der Waals surface area contributed by atoms with E-state index in [1.54, 1.807) is 7.11 Å². The second-order valence-corrected chi connectivity index (χ2v) is 5.53. The van der Waals surface area contributed by atoms with Crippen molar-refractivity contribution in [3.05, 3.63) is 83.9 Å². The molecule has 0 aromatic heterocycles. The molecular formula is C21H21NO2. The fourth-order valence-corrected chi connectivity index (χ4v) is 2.60. The highest BCUT2D eigenvalue weighted by molar-refractivity contribution is 5.66. The van der Waals surface area contributed by atoms with Crippen molar-refractivity contribution in [1.82, 2.24) is 0 Å². The molecule has 0 atom stereocenters. The Labute approximate surface area is 142 Å². The summed E-state index contributed by atoms with van der Waals surface area (Å²) in [4.78, 5) is 0. The van der Waals surface area contributed by atoms with Crippen LogP contribution in [0, 0.1) is 0 Å². The third-order valence-corrected chi connectivity index (χ3v) is 3.94. The fourth-order valence-electron chi connectivity index (χ4n) is 2.60. The first-order valence-corrected chi connectivity index (χ1v) is 7.94. The second-order valence-electron chi connectivity index (χ2n) is 5.53. The molecule has 0 saturated carbocycles. The van der Waals surface area contributed by atoms with Crippen molar-refractivity contribution in [3.8, 4) is 22.6 Å². The molecule has 0 heterocycles. The Balaban J connectivity index is 1.72. The average molecular weight is 319 g/mol. The van der Waals surface area contributed by atoms with Gasteiger partial charge >= 0.3 is 0 Å². The molecule has 3 rings (SSSR count). The Morgan fingerprint density at radius 1 is 0.833 bits per heavy atom. The van der Waals surface area contributed by atoms with E-state index in [-0.39, 0.29) is 0 Å². The van der Waals surface area contributed by atoms with E-state index in [0.717, 1.165) is 33.8 Å². The molecule has 3 aromatic carbocycles. The summed E-state index contributed by atoms with van der Waals surface area (Å²) in [6.07, 6.45) is 0. The molecule has 122 valence electrons. The smallest absolute Gasteiger partial charge is 0.123 e. The molecule has 0 aliphatic heterocycles. The van der Waals surface area contributed by atoms with Gasteiger partial charge in [0.1, 0.15) is 18.1 Å². The zero-order valence-corrected chi connectivity index (χ0v) is 13.7. The summed E-state index contributed by atoms with van der Waals surface area (Å²) < 4.78 is 11.1. The normalized spacial score (nSPS) is 10.4. The summed E-state index contributed by atoms with van der Waals surface area (Å²) in [5, 5.41) is 0. The number of hydrogen-bond acceptors (Lipinski definition) is 3. The van der Waals surface area contributed by atoms with Crippen molar-refractivity contribution in [3.63, 3.8) is 0 Å². The molecule has 0 radical (unpaired) electrons. The van der Waals surface area contributed by atoms with Crippen LogP contribution in [0.5, 0.6) is 11.5 Å². The van der Waals surface area contributed by atoms with Crippen molar-refractivity contribution in [2.75, 3.05) is 7.11 Å². The van der Waals surface area contributed by atoms with Crippen LogP contribution in [-0.4, -0.2) is 7.11 Å². The average Bonchev–Trinajstić information content (AvgIpc) is 2.67. The predicted octanol–water partition coefficient (Wildman–Crippen LogP) is 4.40. The van der Waals surface area contributed by atoms with Crippen molar-refractivity contribution < 1.29 is 9.47 Å². The van der Waals surface area contributed by atoms with E-state index < -0.39 is 0 Å². The molecule has 0 saturated heterocycles. The number of hydrogen-bond donors (Lipinski definition) is 1. The minimum Gasteiger partial charge on any atom is -0.496 e. The summed E-state index contributed by atoms with van der Waals surface area (Å²) in [5.41, 5.74) is 10.2. The van der Waals surface area contributed by atoms with E-state index >= 15 is 0 Å². The number of nitrogens with two attached hydrogens (primary N) is 1. The van der Waals surface area contributed by atoms with E-state index in [9.17, 15) is 0 Å². The highest BCUT2D eigenvalue weighted by Crippen LogP contribution is 2.28. The second kappa shape index (κ2) is 7.66. The molecule has 0 fully saturated rings. The van der Waals surface area contributed by atoms with E-state index in [1.165, 1.54) is 0 Å². The number of benzene rings is 3. The predicted molar refractivity (Wildman–Crippen MR) is 97.1 cm³/mol. The van der Waals surface area contributed by atoms with Gasteiger partial charge in [0.25, 0.3) is 0 Å². The molecular weight excluding hydrogens is 298 g/mol. The number of rotatable bonds is 6. The van der Waals surface area contributed by atoms with Crippen LogP contribution in [0.1, 0.15) is 11.1 Å². The van der Waals surface area contributed by atoms with Gasteiger partial charge in [-0.15, -0.1) is 0 Å². The summed E-state index contributed by atoms with van der Waals surface area (Å²) >= 11 is 0. The summed E-state index contributed by atoms with van der Waals surface area (Å²) in [6.45, 7) is 1.02. The highest BCUT2D eigenvalue weighted by atomic mass is 16.5. The van der Waals surface area contributed by atoms with Gasteiger partial charge < -0.3 is 15.2 Å². The van der Waals surface area contributed by atoms with Crippen LogP contribution in [-0.2, 0) is 13.2 Å². The molecule has 3 heteroatoms. The van der Waals surface area contributed by atoms with Gasteiger partial charge in [0.2, 0.25) is 0 Å². The molecule has 24 heavy (non-hydrogen) atoms. The van der Waals surface area contributed by atoms with Crippen LogP contribution in [0.2, 0.25) is 0 Å². The van der Waals surface area contributed by atoms with Gasteiger partial charge in [-0.1, -0.05) is 48.5 Å². The van der Waals surface area contributed by atoms with Gasteiger partial charge in [-0.2, -0.15) is 0 Å². The Morgan fingerprint density at radius 2 is 1.54 bits per heavy atom. The van der Waals surface area contributed by atoms with Gasteiger partial charge in [0.15, 0.2) is 0 Å². The van der Waals surface area contributed by atoms with E-state index in [0.29, 0.717) is 13.2 Å². The van der Waals surface area contributed by atoms with Gasteiger partial charge in [-0.3, -0.25) is 0 Å². The molecule has 0 spiro atoms. The maximum atomic E-state index is 5.82. The number of methoxy groups -OCH3 is 1. The van der Waals surface area contributed by atoms with Crippen LogP contribution in [0.4, 0.5) is 0 Å². The lowest BCUT2D eigenvalue weighted by atomic mass is 10.0. The van der Waals surface area contributed by atoms with E-state index in [2.05, 4.69) is 30.3 Å². The van der Waals surface area contributed by atoms with Gasteiger partial charge in [0, 0.05) is 12.1 Å². The largest absolute Gasteiger partial charge is 0.496 e. The van der Waals surface area contributed by atoms with Crippen molar-refractivity contribution in [2.24, 2.45) is 5.73 Å². The van der Waals surface area contributed by atoms with Crippen molar-refractivity contribution in [1.29, 1.82) is 0 Å². The lowest BCUT2D eigenvalue weighted by Gasteiger charge is -2.10. The molecule has 0 bridgehead atoms. The van der Waals surface area contributed by atoms with Crippen molar-refractivity contribution >= 4 is 0 Å². The zero-order valence-electron chi connectivity index (χ0n) is 13.7. The van der Waals surface area contributed by atoms with Gasteiger partial charge in [0.05, 0.1) is 7.11 Å². The topological polar surface area (TPSA) is 44.5 Å². The first kappa shape index (κ1) is 16.1. The maximum Gasteiger partial charge on any atom is 0.123 e. The molecule has 0 amide bonds. The van der Waals surface area contributed by atoms with Crippen LogP contribution in [0.3, 0.4) is 0 Å². The van der Waals surface area contributed by atoms with Crippen molar-refractivity contribution in [2.45, 2.75) is 13.2 Å².